The Morgan fingerprint density at radius 3 is 2.74 bits per heavy atom. The van der Waals surface area contributed by atoms with E-state index in [1.54, 1.807) is 30.3 Å². The number of ether oxygens (including phenoxy) is 2. The average Bonchev–Trinajstić information content (AvgIpc) is 2.66. The summed E-state index contributed by atoms with van der Waals surface area (Å²) in [6, 6.07) is 11.1. The summed E-state index contributed by atoms with van der Waals surface area (Å²) in [6.45, 7) is 2.48. The van der Waals surface area contributed by atoms with Crippen molar-refractivity contribution in [2.24, 2.45) is 0 Å². The molecule has 0 aliphatic carbocycles. The Hall–Kier alpha value is -2.99. The van der Waals surface area contributed by atoms with Crippen LogP contribution in [0.5, 0.6) is 11.5 Å². The van der Waals surface area contributed by atoms with E-state index in [2.05, 4.69) is 5.32 Å². The first-order valence-corrected chi connectivity index (χ1v) is 8.75. The first kappa shape index (κ1) is 18.8. The number of amides is 1. The van der Waals surface area contributed by atoms with Crippen LogP contribution in [0.25, 0.3) is 11.0 Å². The van der Waals surface area contributed by atoms with Crippen molar-refractivity contribution >= 4 is 34.2 Å². The average molecular weight is 388 g/mol. The lowest BCUT2D eigenvalue weighted by atomic mass is 10.1. The van der Waals surface area contributed by atoms with Crippen LogP contribution in [0.1, 0.15) is 23.7 Å². The Morgan fingerprint density at radius 2 is 2.00 bits per heavy atom. The predicted molar refractivity (Wildman–Crippen MR) is 104 cm³/mol. The SMILES string of the molecule is CCCOc1c(Cl)cc(C(=O)Nc2ccc3oc(=O)ccc3c2)cc1OC. The summed E-state index contributed by atoms with van der Waals surface area (Å²) < 4.78 is 16.0. The monoisotopic (exact) mass is 387 g/mol. The topological polar surface area (TPSA) is 77.8 Å². The van der Waals surface area contributed by atoms with E-state index < -0.39 is 5.63 Å². The molecular formula is C20H18ClNO5. The first-order chi connectivity index (χ1) is 13.0. The fourth-order valence-corrected chi connectivity index (χ4v) is 2.81. The van der Waals surface area contributed by atoms with Crippen molar-refractivity contribution < 1.29 is 18.7 Å². The number of carbonyl (C=O) groups is 1. The highest BCUT2D eigenvalue weighted by atomic mass is 35.5. The third-order valence-electron chi connectivity index (χ3n) is 3.82. The van der Waals surface area contributed by atoms with Gasteiger partial charge in [-0.1, -0.05) is 18.5 Å². The minimum absolute atomic E-state index is 0.299. The van der Waals surface area contributed by atoms with E-state index in [1.807, 2.05) is 6.92 Å². The normalized spacial score (nSPS) is 10.6. The van der Waals surface area contributed by atoms with Gasteiger partial charge in [-0.2, -0.15) is 0 Å². The van der Waals surface area contributed by atoms with Crippen molar-refractivity contribution in [3.63, 3.8) is 0 Å². The molecule has 1 heterocycles. The highest BCUT2D eigenvalue weighted by Gasteiger charge is 2.16. The Labute approximate surface area is 160 Å². The van der Waals surface area contributed by atoms with Crippen LogP contribution in [-0.4, -0.2) is 19.6 Å². The Morgan fingerprint density at radius 1 is 1.19 bits per heavy atom. The fourth-order valence-electron chi connectivity index (χ4n) is 2.55. The highest BCUT2D eigenvalue weighted by molar-refractivity contribution is 6.32. The summed E-state index contributed by atoms with van der Waals surface area (Å²) >= 11 is 6.26. The summed E-state index contributed by atoms with van der Waals surface area (Å²) in [5, 5.41) is 3.79. The number of nitrogens with one attached hydrogen (secondary N) is 1. The minimum Gasteiger partial charge on any atom is -0.493 e. The van der Waals surface area contributed by atoms with Gasteiger partial charge in [-0.25, -0.2) is 4.79 Å². The predicted octanol–water partition coefficient (Wildman–Crippen LogP) is 4.50. The third kappa shape index (κ3) is 4.23. The molecule has 0 saturated carbocycles. The van der Waals surface area contributed by atoms with Gasteiger partial charge < -0.3 is 19.2 Å². The number of anilines is 1. The van der Waals surface area contributed by atoms with E-state index in [0.29, 0.717) is 45.3 Å². The van der Waals surface area contributed by atoms with Gasteiger partial charge in [-0.05, 0) is 42.8 Å². The van der Waals surface area contributed by atoms with Crippen molar-refractivity contribution in [1.29, 1.82) is 0 Å². The lowest BCUT2D eigenvalue weighted by molar-refractivity contribution is 0.102. The van der Waals surface area contributed by atoms with Gasteiger partial charge in [0.2, 0.25) is 0 Å². The molecule has 0 saturated heterocycles. The number of halogens is 1. The van der Waals surface area contributed by atoms with Crippen LogP contribution in [0.4, 0.5) is 5.69 Å². The molecule has 6 nitrogen and oxygen atoms in total. The zero-order valence-electron chi connectivity index (χ0n) is 14.9. The van der Waals surface area contributed by atoms with Gasteiger partial charge in [0.15, 0.2) is 11.5 Å². The van der Waals surface area contributed by atoms with Crippen LogP contribution in [0.2, 0.25) is 5.02 Å². The molecule has 0 aliphatic heterocycles. The Kier molecular flexibility index (Phi) is 5.66. The van der Waals surface area contributed by atoms with Crippen LogP contribution in [0.3, 0.4) is 0 Å². The number of rotatable bonds is 6. The molecule has 27 heavy (non-hydrogen) atoms. The number of methoxy groups -OCH3 is 1. The van der Waals surface area contributed by atoms with Gasteiger partial charge in [0.25, 0.3) is 5.91 Å². The van der Waals surface area contributed by atoms with Gasteiger partial charge in [-0.15, -0.1) is 0 Å². The van der Waals surface area contributed by atoms with E-state index in [-0.39, 0.29) is 5.91 Å². The maximum Gasteiger partial charge on any atom is 0.336 e. The molecule has 0 unspecified atom stereocenters. The highest BCUT2D eigenvalue weighted by Crippen LogP contribution is 2.36. The molecule has 0 radical (unpaired) electrons. The Balaban J connectivity index is 1.86. The summed E-state index contributed by atoms with van der Waals surface area (Å²) in [4.78, 5) is 23.9. The van der Waals surface area contributed by atoms with E-state index in [4.69, 9.17) is 25.5 Å². The lowest BCUT2D eigenvalue weighted by Gasteiger charge is -2.14. The van der Waals surface area contributed by atoms with E-state index in [1.165, 1.54) is 19.2 Å². The van der Waals surface area contributed by atoms with Crippen LogP contribution in [0, 0.1) is 0 Å². The maximum atomic E-state index is 12.6. The standard InChI is InChI=1S/C20H18ClNO5/c1-3-8-26-19-15(21)10-13(11-17(19)25-2)20(24)22-14-5-6-16-12(9-14)4-7-18(23)27-16/h4-7,9-11H,3,8H2,1-2H3,(H,22,24). The second-order valence-corrected chi connectivity index (χ2v) is 6.21. The quantitative estimate of drug-likeness (QED) is 0.630. The fraction of sp³-hybridized carbons (Fsp3) is 0.200. The zero-order valence-corrected chi connectivity index (χ0v) is 15.6. The zero-order chi connectivity index (χ0) is 19.4. The number of fused-ring (bicyclic) bond motifs is 1. The van der Waals surface area contributed by atoms with Crippen LogP contribution < -0.4 is 20.4 Å². The molecular weight excluding hydrogens is 370 g/mol. The van der Waals surface area contributed by atoms with E-state index >= 15 is 0 Å². The summed E-state index contributed by atoms with van der Waals surface area (Å²) in [5.74, 6) is 0.452. The number of hydrogen-bond acceptors (Lipinski definition) is 5. The van der Waals surface area contributed by atoms with Crippen molar-refractivity contribution in [3.8, 4) is 11.5 Å². The number of hydrogen-bond donors (Lipinski definition) is 1. The molecule has 1 aromatic heterocycles. The molecule has 7 heteroatoms. The molecule has 0 atom stereocenters. The van der Waals surface area contributed by atoms with Gasteiger partial charge in [0.05, 0.1) is 18.7 Å². The molecule has 0 bridgehead atoms. The molecule has 1 N–H and O–H groups in total. The molecule has 3 rings (SSSR count). The summed E-state index contributed by atoms with van der Waals surface area (Å²) in [6.07, 6.45) is 0.823. The van der Waals surface area contributed by atoms with Gasteiger partial charge >= 0.3 is 5.63 Å². The Bertz CT molecular complexity index is 1040. The third-order valence-corrected chi connectivity index (χ3v) is 4.10. The smallest absolute Gasteiger partial charge is 0.336 e. The molecule has 3 aromatic rings. The second-order valence-electron chi connectivity index (χ2n) is 5.80. The molecule has 140 valence electrons. The molecule has 1 amide bonds. The number of benzene rings is 2. The molecule has 0 spiro atoms. The molecule has 0 fully saturated rings. The van der Waals surface area contributed by atoms with Gasteiger partial charge in [-0.3, -0.25) is 4.79 Å². The van der Waals surface area contributed by atoms with Crippen LogP contribution >= 0.6 is 11.6 Å². The van der Waals surface area contributed by atoms with Crippen molar-refractivity contribution in [3.05, 3.63) is 63.5 Å². The maximum absolute atomic E-state index is 12.6. The summed E-state index contributed by atoms with van der Waals surface area (Å²) in [5.41, 5.74) is 0.914. The van der Waals surface area contributed by atoms with E-state index in [0.717, 1.165) is 6.42 Å². The molecule has 0 aliphatic rings. The van der Waals surface area contributed by atoms with Crippen molar-refractivity contribution in [2.45, 2.75) is 13.3 Å². The van der Waals surface area contributed by atoms with Gasteiger partial charge in [0, 0.05) is 22.7 Å². The second kappa shape index (κ2) is 8.14. The van der Waals surface area contributed by atoms with E-state index in [9.17, 15) is 9.59 Å². The minimum atomic E-state index is -0.425. The van der Waals surface area contributed by atoms with Crippen LogP contribution in [-0.2, 0) is 0 Å². The van der Waals surface area contributed by atoms with Crippen LogP contribution in [0.15, 0.2) is 51.7 Å². The lowest BCUT2D eigenvalue weighted by Crippen LogP contribution is -2.12. The largest absolute Gasteiger partial charge is 0.493 e. The van der Waals surface area contributed by atoms with Crippen molar-refractivity contribution in [2.75, 3.05) is 19.0 Å². The van der Waals surface area contributed by atoms with Crippen molar-refractivity contribution in [1.82, 2.24) is 0 Å². The summed E-state index contributed by atoms with van der Waals surface area (Å²) in [7, 11) is 1.49. The van der Waals surface area contributed by atoms with Gasteiger partial charge in [0.1, 0.15) is 5.58 Å². The molecule has 2 aromatic carbocycles. The first-order valence-electron chi connectivity index (χ1n) is 8.37. The number of carbonyl (C=O) groups excluding carboxylic acids is 1.